The molecule has 1 aliphatic heterocycles. The largest absolute Gasteiger partial charge is 0.378 e. The van der Waals surface area contributed by atoms with E-state index in [1.807, 2.05) is 0 Å². The number of halogens is 1. The highest BCUT2D eigenvalue weighted by atomic mass is 79.9. The second-order valence-corrected chi connectivity index (χ2v) is 6.16. The molecule has 2 rings (SSSR count). The first-order valence-electron chi connectivity index (χ1n) is 5.50. The lowest BCUT2D eigenvalue weighted by atomic mass is 9.94. The van der Waals surface area contributed by atoms with Crippen molar-refractivity contribution in [3.63, 3.8) is 0 Å². The molecule has 5 heteroatoms. The summed E-state index contributed by atoms with van der Waals surface area (Å²) < 4.78 is 6.78. The molecular weight excluding hydrogens is 288 g/mol. The van der Waals surface area contributed by atoms with Gasteiger partial charge in [0, 0.05) is 21.3 Å². The highest BCUT2D eigenvalue weighted by molar-refractivity contribution is 9.10. The van der Waals surface area contributed by atoms with Gasteiger partial charge in [-0.15, -0.1) is 11.3 Å². The number of nitrogens with one attached hydrogen (secondary N) is 1. The van der Waals surface area contributed by atoms with Crippen LogP contribution in [0.25, 0.3) is 0 Å². The molecule has 16 heavy (non-hydrogen) atoms. The van der Waals surface area contributed by atoms with Gasteiger partial charge in [0.2, 0.25) is 0 Å². The van der Waals surface area contributed by atoms with Crippen LogP contribution < -0.4 is 11.3 Å². The molecule has 2 heterocycles. The number of hydrogen-bond acceptors (Lipinski definition) is 4. The van der Waals surface area contributed by atoms with Gasteiger partial charge < -0.3 is 4.74 Å². The third kappa shape index (κ3) is 2.84. The summed E-state index contributed by atoms with van der Waals surface area (Å²) in [6.07, 6.45) is 2.43. The van der Waals surface area contributed by atoms with Gasteiger partial charge in [0.15, 0.2) is 0 Å². The van der Waals surface area contributed by atoms with E-state index in [0.29, 0.717) is 18.1 Å². The van der Waals surface area contributed by atoms with E-state index in [-0.39, 0.29) is 0 Å². The van der Waals surface area contributed by atoms with Gasteiger partial charge in [0.25, 0.3) is 0 Å². The topological polar surface area (TPSA) is 47.3 Å². The van der Waals surface area contributed by atoms with Gasteiger partial charge in [-0.05, 0) is 47.1 Å². The zero-order valence-electron chi connectivity index (χ0n) is 9.28. The lowest BCUT2D eigenvalue weighted by Gasteiger charge is -2.21. The predicted octanol–water partition coefficient (Wildman–Crippen LogP) is 2.31. The minimum atomic E-state index is 0.305. The fourth-order valence-corrected chi connectivity index (χ4v) is 3.74. The number of rotatable bonds is 4. The fraction of sp³-hybridized carbons (Fsp3) is 0.636. The summed E-state index contributed by atoms with van der Waals surface area (Å²) in [7, 11) is 0. The third-order valence-electron chi connectivity index (χ3n) is 3.11. The maximum atomic E-state index is 5.65. The molecule has 0 aliphatic carbocycles. The van der Waals surface area contributed by atoms with Crippen LogP contribution in [0.5, 0.6) is 0 Å². The Morgan fingerprint density at radius 3 is 3.06 bits per heavy atom. The average Bonchev–Trinajstić information content (AvgIpc) is 2.85. The molecule has 3 N–H and O–H groups in total. The van der Waals surface area contributed by atoms with Gasteiger partial charge in [-0.1, -0.05) is 0 Å². The highest BCUT2D eigenvalue weighted by Crippen LogP contribution is 2.28. The Hall–Kier alpha value is 0.0600. The van der Waals surface area contributed by atoms with Gasteiger partial charge >= 0.3 is 0 Å². The number of hydrogen-bond donors (Lipinski definition) is 2. The first-order valence-corrected chi connectivity index (χ1v) is 7.17. The van der Waals surface area contributed by atoms with Crippen LogP contribution in [0.2, 0.25) is 0 Å². The van der Waals surface area contributed by atoms with Crippen molar-refractivity contribution in [2.45, 2.75) is 31.9 Å². The Morgan fingerprint density at radius 2 is 2.56 bits per heavy atom. The first-order chi connectivity index (χ1) is 7.70. The molecule has 1 aromatic rings. The molecule has 3 nitrogen and oxygen atoms in total. The van der Waals surface area contributed by atoms with Crippen LogP contribution in [-0.4, -0.2) is 18.8 Å². The van der Waals surface area contributed by atoms with Crippen LogP contribution >= 0.6 is 27.3 Å². The lowest BCUT2D eigenvalue weighted by Crippen LogP contribution is -2.42. The van der Waals surface area contributed by atoms with Crippen molar-refractivity contribution in [3.05, 3.63) is 20.8 Å². The van der Waals surface area contributed by atoms with E-state index in [4.69, 9.17) is 10.6 Å². The Balaban J connectivity index is 1.98. The van der Waals surface area contributed by atoms with Gasteiger partial charge in [0.1, 0.15) is 0 Å². The molecule has 3 unspecified atom stereocenters. The van der Waals surface area contributed by atoms with Crippen molar-refractivity contribution in [3.8, 4) is 0 Å². The zero-order valence-corrected chi connectivity index (χ0v) is 11.7. The maximum absolute atomic E-state index is 5.65. The standard InChI is InChI=1S/C11H17BrN2OS/c1-7-4-8(6-15-7)10(14-13)5-11-9(12)2-3-16-11/h2-3,7-8,10,14H,4-6,13H2,1H3. The summed E-state index contributed by atoms with van der Waals surface area (Å²) >= 11 is 5.32. The fourth-order valence-electron chi connectivity index (χ4n) is 2.16. The quantitative estimate of drug-likeness (QED) is 0.663. The van der Waals surface area contributed by atoms with Gasteiger partial charge in [-0.2, -0.15) is 0 Å². The van der Waals surface area contributed by atoms with Gasteiger partial charge in [-0.25, -0.2) is 0 Å². The SMILES string of the molecule is CC1CC(C(Cc2sccc2Br)NN)CO1. The summed E-state index contributed by atoms with van der Waals surface area (Å²) in [6, 6.07) is 2.39. The molecule has 3 atom stereocenters. The van der Waals surface area contributed by atoms with Crippen LogP contribution in [0.1, 0.15) is 18.2 Å². The summed E-state index contributed by atoms with van der Waals surface area (Å²) in [5, 5.41) is 2.10. The van der Waals surface area contributed by atoms with E-state index < -0.39 is 0 Å². The van der Waals surface area contributed by atoms with E-state index in [2.05, 4.69) is 39.7 Å². The zero-order chi connectivity index (χ0) is 11.5. The molecule has 1 aromatic heterocycles. The van der Waals surface area contributed by atoms with Crippen molar-refractivity contribution < 1.29 is 4.74 Å². The number of ether oxygens (including phenoxy) is 1. The molecule has 0 amide bonds. The smallest absolute Gasteiger partial charge is 0.0551 e. The maximum Gasteiger partial charge on any atom is 0.0551 e. The minimum Gasteiger partial charge on any atom is -0.378 e. The monoisotopic (exact) mass is 304 g/mol. The Morgan fingerprint density at radius 1 is 1.75 bits per heavy atom. The molecule has 0 bridgehead atoms. The molecule has 90 valence electrons. The number of thiophene rings is 1. The second-order valence-electron chi connectivity index (χ2n) is 4.31. The van der Waals surface area contributed by atoms with Crippen molar-refractivity contribution >= 4 is 27.3 Å². The van der Waals surface area contributed by atoms with E-state index in [9.17, 15) is 0 Å². The average molecular weight is 305 g/mol. The molecule has 1 aliphatic rings. The number of hydrazine groups is 1. The predicted molar refractivity (Wildman–Crippen MR) is 70.4 cm³/mol. The highest BCUT2D eigenvalue weighted by Gasteiger charge is 2.29. The normalized spacial score (nSPS) is 27.2. The Labute approximate surface area is 108 Å². The van der Waals surface area contributed by atoms with Gasteiger partial charge in [-0.3, -0.25) is 11.3 Å². The molecule has 0 aromatic carbocycles. The van der Waals surface area contributed by atoms with Crippen LogP contribution in [0.3, 0.4) is 0 Å². The van der Waals surface area contributed by atoms with E-state index in [1.165, 1.54) is 9.35 Å². The molecule has 0 saturated carbocycles. The van der Waals surface area contributed by atoms with Crippen LogP contribution in [-0.2, 0) is 11.2 Å². The summed E-state index contributed by atoms with van der Waals surface area (Å²) in [6.45, 7) is 2.94. The molecule has 1 saturated heterocycles. The van der Waals surface area contributed by atoms with Crippen molar-refractivity contribution in [2.75, 3.05) is 6.61 Å². The Bertz CT molecular complexity index is 344. The summed E-state index contributed by atoms with van der Waals surface area (Å²) in [5.74, 6) is 6.17. The lowest BCUT2D eigenvalue weighted by molar-refractivity contribution is 0.117. The van der Waals surface area contributed by atoms with E-state index in [0.717, 1.165) is 19.4 Å². The molecule has 0 spiro atoms. The van der Waals surface area contributed by atoms with Crippen LogP contribution in [0, 0.1) is 5.92 Å². The van der Waals surface area contributed by atoms with Crippen LogP contribution in [0.4, 0.5) is 0 Å². The van der Waals surface area contributed by atoms with Crippen molar-refractivity contribution in [2.24, 2.45) is 11.8 Å². The summed E-state index contributed by atoms with van der Waals surface area (Å²) in [5.41, 5.74) is 2.94. The minimum absolute atomic E-state index is 0.305. The summed E-state index contributed by atoms with van der Waals surface area (Å²) in [4.78, 5) is 1.35. The second kappa shape index (κ2) is 5.60. The molecular formula is C11H17BrN2OS. The van der Waals surface area contributed by atoms with E-state index >= 15 is 0 Å². The number of nitrogens with two attached hydrogens (primary N) is 1. The van der Waals surface area contributed by atoms with Crippen molar-refractivity contribution in [1.82, 2.24) is 5.43 Å². The molecule has 1 fully saturated rings. The van der Waals surface area contributed by atoms with E-state index in [1.54, 1.807) is 11.3 Å². The Kier molecular flexibility index (Phi) is 4.38. The van der Waals surface area contributed by atoms with Gasteiger partial charge in [0.05, 0.1) is 12.7 Å². The molecule has 0 radical (unpaired) electrons. The third-order valence-corrected chi connectivity index (χ3v) is 5.06. The van der Waals surface area contributed by atoms with Crippen molar-refractivity contribution in [1.29, 1.82) is 0 Å². The van der Waals surface area contributed by atoms with Crippen LogP contribution in [0.15, 0.2) is 15.9 Å². The first kappa shape index (κ1) is 12.5.